The zero-order valence-corrected chi connectivity index (χ0v) is 16.8. The van der Waals surface area contributed by atoms with Crippen LogP contribution < -0.4 is 5.32 Å². The van der Waals surface area contributed by atoms with Crippen molar-refractivity contribution < 1.29 is 9.72 Å². The fourth-order valence-electron chi connectivity index (χ4n) is 3.29. The van der Waals surface area contributed by atoms with Crippen molar-refractivity contribution in [3.8, 4) is 0 Å². The van der Waals surface area contributed by atoms with Crippen LogP contribution in [0.4, 0.5) is 5.69 Å². The maximum absolute atomic E-state index is 12.4. The molecule has 7 heteroatoms. The summed E-state index contributed by atoms with van der Waals surface area (Å²) >= 11 is 0. The van der Waals surface area contributed by atoms with Gasteiger partial charge in [-0.05, 0) is 43.0 Å². The van der Waals surface area contributed by atoms with E-state index in [1.165, 1.54) is 5.56 Å². The van der Waals surface area contributed by atoms with Crippen LogP contribution in [0.1, 0.15) is 45.7 Å². The molecule has 1 amide bonds. The van der Waals surface area contributed by atoms with Gasteiger partial charge in [-0.15, -0.1) is 0 Å². The van der Waals surface area contributed by atoms with Gasteiger partial charge in [-0.3, -0.25) is 19.6 Å². The molecule has 0 radical (unpaired) electrons. The standard InChI is InChI=1S/C22H24N4O3/c1-15(19-7-5-4-6-8-19)13-23-22(27)20-11-9-18(10-12-20)14-25-17(3)21(26(28)29)16(2)24-25/h4-12,15H,13-14H2,1-3H3,(H,23,27)/t15-/m1/s1. The van der Waals surface area contributed by atoms with Crippen LogP contribution >= 0.6 is 0 Å². The van der Waals surface area contributed by atoms with Gasteiger partial charge in [0, 0.05) is 12.1 Å². The first kappa shape index (κ1) is 20.3. The summed E-state index contributed by atoms with van der Waals surface area (Å²) in [4.78, 5) is 23.2. The Morgan fingerprint density at radius 1 is 1.14 bits per heavy atom. The minimum Gasteiger partial charge on any atom is -0.351 e. The van der Waals surface area contributed by atoms with Crippen molar-refractivity contribution in [1.82, 2.24) is 15.1 Å². The molecule has 2 aromatic carbocycles. The molecule has 1 aromatic heterocycles. The number of amides is 1. The Bertz CT molecular complexity index is 1010. The van der Waals surface area contributed by atoms with Crippen molar-refractivity contribution in [2.75, 3.05) is 6.54 Å². The minimum absolute atomic E-state index is 0.0496. The zero-order valence-electron chi connectivity index (χ0n) is 16.8. The molecule has 1 N–H and O–H groups in total. The lowest BCUT2D eigenvalue weighted by Crippen LogP contribution is -2.27. The highest BCUT2D eigenvalue weighted by Crippen LogP contribution is 2.22. The number of carbonyl (C=O) groups excluding carboxylic acids is 1. The third-order valence-corrected chi connectivity index (χ3v) is 5.01. The third-order valence-electron chi connectivity index (χ3n) is 5.01. The molecule has 1 heterocycles. The summed E-state index contributed by atoms with van der Waals surface area (Å²) < 4.78 is 1.62. The highest BCUT2D eigenvalue weighted by molar-refractivity contribution is 5.94. The minimum atomic E-state index is -0.405. The maximum atomic E-state index is 12.4. The van der Waals surface area contributed by atoms with Gasteiger partial charge in [-0.2, -0.15) is 5.10 Å². The molecule has 0 aliphatic heterocycles. The highest BCUT2D eigenvalue weighted by Gasteiger charge is 2.21. The monoisotopic (exact) mass is 392 g/mol. The lowest BCUT2D eigenvalue weighted by atomic mass is 10.0. The predicted octanol–water partition coefficient (Wildman–Crippen LogP) is 3.99. The molecule has 0 saturated carbocycles. The fraction of sp³-hybridized carbons (Fsp3) is 0.273. The second kappa shape index (κ2) is 8.68. The molecular formula is C22H24N4O3. The van der Waals surface area contributed by atoms with Crippen LogP contribution in [0.25, 0.3) is 0 Å². The van der Waals surface area contributed by atoms with E-state index in [-0.39, 0.29) is 17.5 Å². The average Bonchev–Trinajstić information content (AvgIpc) is 3.00. The van der Waals surface area contributed by atoms with Gasteiger partial charge in [0.25, 0.3) is 5.91 Å². The molecule has 0 spiro atoms. The molecular weight excluding hydrogens is 368 g/mol. The van der Waals surface area contributed by atoms with Crippen LogP contribution in [0.5, 0.6) is 0 Å². The Kier molecular flexibility index (Phi) is 6.07. The molecule has 3 rings (SSSR count). The van der Waals surface area contributed by atoms with E-state index < -0.39 is 4.92 Å². The Hall–Kier alpha value is -3.48. The van der Waals surface area contributed by atoms with Crippen LogP contribution in [0.15, 0.2) is 54.6 Å². The van der Waals surface area contributed by atoms with Gasteiger partial charge in [-0.25, -0.2) is 0 Å². The number of aryl methyl sites for hydroxylation is 1. The van der Waals surface area contributed by atoms with Crippen molar-refractivity contribution in [2.24, 2.45) is 0 Å². The number of aromatic nitrogens is 2. The number of nitro groups is 1. The van der Waals surface area contributed by atoms with Crippen molar-refractivity contribution in [2.45, 2.75) is 33.2 Å². The number of hydrogen-bond donors (Lipinski definition) is 1. The first-order valence-electron chi connectivity index (χ1n) is 9.47. The summed E-state index contributed by atoms with van der Waals surface area (Å²) in [5, 5.41) is 18.4. The van der Waals surface area contributed by atoms with Crippen molar-refractivity contribution in [3.05, 3.63) is 92.8 Å². The van der Waals surface area contributed by atoms with Gasteiger partial charge in [0.1, 0.15) is 11.4 Å². The normalized spacial score (nSPS) is 11.8. The van der Waals surface area contributed by atoms with Gasteiger partial charge < -0.3 is 5.32 Å². The average molecular weight is 392 g/mol. The molecule has 7 nitrogen and oxygen atoms in total. The summed E-state index contributed by atoms with van der Waals surface area (Å²) in [7, 11) is 0. The quantitative estimate of drug-likeness (QED) is 0.486. The SMILES string of the molecule is Cc1nn(Cc2ccc(C(=O)NC[C@@H](C)c3ccccc3)cc2)c(C)c1[N+](=O)[O-]. The Morgan fingerprint density at radius 3 is 2.38 bits per heavy atom. The topological polar surface area (TPSA) is 90.1 Å². The molecule has 150 valence electrons. The van der Waals surface area contributed by atoms with Gasteiger partial charge >= 0.3 is 5.69 Å². The summed E-state index contributed by atoms with van der Waals surface area (Å²) in [6, 6.07) is 17.3. The van der Waals surface area contributed by atoms with Crippen LogP contribution in [0.3, 0.4) is 0 Å². The maximum Gasteiger partial charge on any atom is 0.312 e. The highest BCUT2D eigenvalue weighted by atomic mass is 16.6. The third kappa shape index (κ3) is 4.68. The molecule has 0 fully saturated rings. The number of carbonyl (C=O) groups is 1. The van der Waals surface area contributed by atoms with E-state index in [0.717, 1.165) is 5.56 Å². The molecule has 0 bridgehead atoms. The number of hydrogen-bond acceptors (Lipinski definition) is 4. The number of nitrogens with zero attached hydrogens (tertiary/aromatic N) is 3. The second-order valence-electron chi connectivity index (χ2n) is 7.15. The largest absolute Gasteiger partial charge is 0.351 e. The van der Waals surface area contributed by atoms with E-state index in [4.69, 9.17) is 0 Å². The summed E-state index contributed by atoms with van der Waals surface area (Å²) in [6.45, 7) is 6.36. The van der Waals surface area contributed by atoms with Gasteiger partial charge in [-0.1, -0.05) is 49.4 Å². The Morgan fingerprint density at radius 2 is 1.79 bits per heavy atom. The lowest BCUT2D eigenvalue weighted by Gasteiger charge is -2.13. The van der Waals surface area contributed by atoms with E-state index in [0.29, 0.717) is 30.0 Å². The molecule has 29 heavy (non-hydrogen) atoms. The molecule has 1 atom stereocenters. The summed E-state index contributed by atoms with van der Waals surface area (Å²) in [5.74, 6) is 0.0994. The van der Waals surface area contributed by atoms with Crippen molar-refractivity contribution in [3.63, 3.8) is 0 Å². The van der Waals surface area contributed by atoms with E-state index in [1.807, 2.05) is 30.3 Å². The predicted molar refractivity (Wildman–Crippen MR) is 111 cm³/mol. The number of benzene rings is 2. The van der Waals surface area contributed by atoms with Crippen LogP contribution in [-0.4, -0.2) is 27.2 Å². The molecule has 0 saturated heterocycles. The lowest BCUT2D eigenvalue weighted by molar-refractivity contribution is -0.386. The second-order valence-corrected chi connectivity index (χ2v) is 7.15. The molecule has 3 aromatic rings. The smallest absolute Gasteiger partial charge is 0.312 e. The zero-order chi connectivity index (χ0) is 21.0. The van der Waals surface area contributed by atoms with Crippen molar-refractivity contribution in [1.29, 1.82) is 0 Å². The van der Waals surface area contributed by atoms with Gasteiger partial charge in [0.2, 0.25) is 0 Å². The molecule has 0 aliphatic rings. The first-order valence-corrected chi connectivity index (χ1v) is 9.47. The van der Waals surface area contributed by atoms with E-state index in [1.54, 1.807) is 30.7 Å². The number of nitrogens with one attached hydrogen (secondary N) is 1. The van der Waals surface area contributed by atoms with Crippen LogP contribution in [-0.2, 0) is 6.54 Å². The summed E-state index contributed by atoms with van der Waals surface area (Å²) in [5.41, 5.74) is 3.64. The van der Waals surface area contributed by atoms with E-state index in [2.05, 4.69) is 29.5 Å². The number of rotatable bonds is 7. The summed E-state index contributed by atoms with van der Waals surface area (Å²) in [6.07, 6.45) is 0. The van der Waals surface area contributed by atoms with E-state index in [9.17, 15) is 14.9 Å². The fourth-order valence-corrected chi connectivity index (χ4v) is 3.29. The van der Waals surface area contributed by atoms with Crippen LogP contribution in [0.2, 0.25) is 0 Å². The van der Waals surface area contributed by atoms with Crippen molar-refractivity contribution >= 4 is 11.6 Å². The first-order chi connectivity index (χ1) is 13.9. The van der Waals surface area contributed by atoms with Gasteiger partial charge in [0.05, 0.1) is 11.5 Å². The van der Waals surface area contributed by atoms with E-state index >= 15 is 0 Å². The van der Waals surface area contributed by atoms with Gasteiger partial charge in [0.15, 0.2) is 0 Å². The molecule has 0 aliphatic carbocycles. The molecule has 0 unspecified atom stereocenters. The Balaban J connectivity index is 1.62. The van der Waals surface area contributed by atoms with Crippen LogP contribution in [0, 0.1) is 24.0 Å². The Labute approximate surface area is 169 Å².